The normalized spacial score (nSPS) is 53.1. The van der Waals surface area contributed by atoms with E-state index in [2.05, 4.69) is 44.2 Å². The van der Waals surface area contributed by atoms with E-state index in [0.29, 0.717) is 5.41 Å². The second-order valence-electron chi connectivity index (χ2n) is 6.93. The van der Waals surface area contributed by atoms with Crippen LogP contribution >= 0.6 is 7.92 Å². The summed E-state index contributed by atoms with van der Waals surface area (Å²) in [6.45, 7) is 4.82. The molecule has 1 aromatic rings. The van der Waals surface area contributed by atoms with Gasteiger partial charge in [0.2, 0.25) is 0 Å². The van der Waals surface area contributed by atoms with Crippen LogP contribution in [0.4, 0.5) is 0 Å². The summed E-state index contributed by atoms with van der Waals surface area (Å²) in [5.41, 5.74) is 0.565. The molecule has 0 spiro atoms. The van der Waals surface area contributed by atoms with E-state index in [9.17, 15) is 5.11 Å². The minimum atomic E-state index is -0.392. The van der Waals surface area contributed by atoms with Crippen molar-refractivity contribution in [3.63, 3.8) is 0 Å². The van der Waals surface area contributed by atoms with Gasteiger partial charge >= 0.3 is 0 Å². The van der Waals surface area contributed by atoms with Gasteiger partial charge in [-0.1, -0.05) is 44.2 Å². The lowest BCUT2D eigenvalue weighted by Crippen LogP contribution is -2.41. The quantitative estimate of drug-likeness (QED) is 0.768. The van der Waals surface area contributed by atoms with Crippen molar-refractivity contribution < 1.29 is 5.11 Å². The van der Waals surface area contributed by atoms with E-state index in [1.807, 2.05) is 0 Å². The van der Waals surface area contributed by atoms with Crippen LogP contribution in [0.25, 0.3) is 0 Å². The van der Waals surface area contributed by atoms with Crippen LogP contribution in [0.2, 0.25) is 0 Å². The van der Waals surface area contributed by atoms with Gasteiger partial charge in [-0.15, -0.1) is 0 Å². The van der Waals surface area contributed by atoms with Gasteiger partial charge < -0.3 is 5.11 Å². The summed E-state index contributed by atoms with van der Waals surface area (Å²) in [6, 6.07) is 10.8. The molecule has 0 aromatic heterocycles. The Hall–Kier alpha value is -0.390. The fraction of sp³-hybridized carbons (Fsp3) is 0.625. The zero-order valence-electron chi connectivity index (χ0n) is 11.2. The van der Waals surface area contributed by atoms with Gasteiger partial charge in [0.15, 0.2) is 0 Å². The third-order valence-electron chi connectivity index (χ3n) is 6.57. The molecule has 2 aliphatic carbocycles. The van der Waals surface area contributed by atoms with Crippen molar-refractivity contribution in [2.24, 2.45) is 16.7 Å². The molecule has 0 amide bonds. The molecule has 4 bridgehead atoms. The third kappa shape index (κ3) is 1.00. The predicted molar refractivity (Wildman–Crippen MR) is 76.4 cm³/mol. The molecule has 1 nitrogen and oxygen atoms in total. The maximum absolute atomic E-state index is 11.4. The summed E-state index contributed by atoms with van der Waals surface area (Å²) in [7, 11) is -0.392. The van der Waals surface area contributed by atoms with Crippen molar-refractivity contribution in [3.05, 3.63) is 30.3 Å². The van der Waals surface area contributed by atoms with E-state index in [1.54, 1.807) is 0 Å². The van der Waals surface area contributed by atoms with E-state index in [0.717, 1.165) is 12.3 Å². The monoisotopic (exact) mass is 260 g/mol. The summed E-state index contributed by atoms with van der Waals surface area (Å²) >= 11 is 0. The summed E-state index contributed by atoms with van der Waals surface area (Å²) in [4.78, 5) is 0. The largest absolute Gasteiger partial charge is 0.384 e. The van der Waals surface area contributed by atoms with Crippen LogP contribution < -0.4 is 5.30 Å². The summed E-state index contributed by atoms with van der Waals surface area (Å²) in [5.74, 6) is 0.773. The van der Waals surface area contributed by atoms with Gasteiger partial charge in [0.05, 0.1) is 5.34 Å². The fourth-order valence-corrected chi connectivity index (χ4v) is 9.23. The number of hydrogen-bond acceptors (Lipinski definition) is 1. The van der Waals surface area contributed by atoms with Gasteiger partial charge in [0.1, 0.15) is 0 Å². The molecule has 5 atom stereocenters. The van der Waals surface area contributed by atoms with E-state index in [1.165, 1.54) is 24.3 Å². The molecule has 1 N–H and O–H groups in total. The molecule has 1 saturated heterocycles. The Balaban J connectivity index is 1.84. The first kappa shape index (κ1) is 11.4. The maximum atomic E-state index is 11.4. The molecule has 1 aromatic carbocycles. The molecule has 96 valence electrons. The maximum Gasteiger partial charge on any atom is 0.0937 e. The molecule has 2 heteroatoms. The van der Waals surface area contributed by atoms with E-state index >= 15 is 0 Å². The highest BCUT2D eigenvalue weighted by molar-refractivity contribution is 7.67. The van der Waals surface area contributed by atoms with Gasteiger partial charge in [-0.3, -0.25) is 0 Å². The molecule has 18 heavy (non-hydrogen) atoms. The first-order valence-corrected chi connectivity index (χ1v) is 8.59. The van der Waals surface area contributed by atoms with Gasteiger partial charge in [-0.2, -0.15) is 0 Å². The molecule has 3 fully saturated rings. The van der Waals surface area contributed by atoms with Crippen LogP contribution in [0.15, 0.2) is 30.3 Å². The van der Waals surface area contributed by atoms with Gasteiger partial charge in [-0.05, 0) is 50.0 Å². The Labute approximate surface area is 110 Å². The van der Waals surface area contributed by atoms with Crippen LogP contribution in [-0.2, 0) is 0 Å². The Kier molecular flexibility index (Phi) is 2.03. The molecule has 1 unspecified atom stereocenters. The van der Waals surface area contributed by atoms with Crippen LogP contribution in [0.5, 0.6) is 0 Å². The molecule has 2 saturated carbocycles. The zero-order chi connectivity index (χ0) is 12.6. The highest BCUT2D eigenvalue weighted by atomic mass is 31.1. The number of aliphatic hydroxyl groups is 1. The predicted octanol–water partition coefficient (Wildman–Crippen LogP) is 3.32. The van der Waals surface area contributed by atoms with Crippen molar-refractivity contribution >= 4 is 13.2 Å². The van der Waals surface area contributed by atoms with Gasteiger partial charge in [-0.25, -0.2) is 0 Å². The van der Waals surface area contributed by atoms with Crippen molar-refractivity contribution in [3.8, 4) is 0 Å². The minimum absolute atomic E-state index is 0.173. The lowest BCUT2D eigenvalue weighted by Gasteiger charge is -2.42. The topological polar surface area (TPSA) is 20.2 Å². The SMILES string of the molecule is C[C@]12CC[C@@H]3C[C@@]1(O)P(c1ccccc1)C[C@]32C. The Morgan fingerprint density at radius 1 is 1.22 bits per heavy atom. The van der Waals surface area contributed by atoms with Gasteiger partial charge in [0.25, 0.3) is 0 Å². The average molecular weight is 260 g/mol. The molecule has 3 aliphatic rings. The second kappa shape index (κ2) is 3.19. The highest BCUT2D eigenvalue weighted by Crippen LogP contribution is 2.85. The second-order valence-corrected chi connectivity index (χ2v) is 9.36. The van der Waals surface area contributed by atoms with E-state index in [4.69, 9.17) is 0 Å². The lowest BCUT2D eigenvalue weighted by molar-refractivity contribution is -0.00380. The molecular weight excluding hydrogens is 239 g/mol. The van der Waals surface area contributed by atoms with Crippen molar-refractivity contribution in [2.45, 2.75) is 38.5 Å². The Bertz CT molecular complexity index is 501. The Morgan fingerprint density at radius 2 is 1.94 bits per heavy atom. The first-order chi connectivity index (χ1) is 8.51. The van der Waals surface area contributed by atoms with Crippen molar-refractivity contribution in [1.82, 2.24) is 0 Å². The average Bonchev–Trinajstić information content (AvgIpc) is 2.79. The summed E-state index contributed by atoms with van der Waals surface area (Å²) in [6.07, 6.45) is 4.87. The molecular formula is C16H21OP. The number of benzene rings is 1. The summed E-state index contributed by atoms with van der Waals surface area (Å²) in [5, 5.41) is 12.4. The summed E-state index contributed by atoms with van der Waals surface area (Å²) < 4.78 is 0. The fourth-order valence-electron chi connectivity index (χ4n) is 5.15. The van der Waals surface area contributed by atoms with Gasteiger partial charge in [0, 0.05) is 5.41 Å². The number of hydrogen-bond donors (Lipinski definition) is 1. The van der Waals surface area contributed by atoms with E-state index < -0.39 is 7.92 Å². The smallest absolute Gasteiger partial charge is 0.0937 e. The molecule has 1 aliphatic heterocycles. The van der Waals surface area contributed by atoms with Crippen LogP contribution in [0, 0.1) is 16.7 Å². The molecule has 1 heterocycles. The standard InChI is InChI=1S/C16H21OP/c1-14-11-18(13-6-4-3-5-7-13)16(17)10-12(14)8-9-15(14,16)2/h3-7,12,17H,8-11H2,1-2H3/t12-,14-,15-,16-,18?/m1/s1. The van der Waals surface area contributed by atoms with Crippen molar-refractivity contribution in [2.75, 3.05) is 6.16 Å². The first-order valence-electron chi connectivity index (χ1n) is 7.06. The molecule has 0 radical (unpaired) electrons. The van der Waals surface area contributed by atoms with Crippen molar-refractivity contribution in [1.29, 1.82) is 0 Å². The van der Waals surface area contributed by atoms with Crippen LogP contribution in [0.3, 0.4) is 0 Å². The lowest BCUT2D eigenvalue weighted by atomic mass is 9.70. The van der Waals surface area contributed by atoms with E-state index in [-0.39, 0.29) is 10.8 Å². The third-order valence-corrected chi connectivity index (χ3v) is 10.0. The number of rotatable bonds is 1. The van der Waals surface area contributed by atoms with Crippen LogP contribution in [-0.4, -0.2) is 16.6 Å². The minimum Gasteiger partial charge on any atom is -0.384 e. The van der Waals surface area contributed by atoms with Crippen LogP contribution in [0.1, 0.15) is 33.1 Å². The highest BCUT2D eigenvalue weighted by Gasteiger charge is 2.77. The Morgan fingerprint density at radius 3 is 2.56 bits per heavy atom. The molecule has 4 rings (SSSR count). The zero-order valence-corrected chi connectivity index (χ0v) is 12.1.